The lowest BCUT2D eigenvalue weighted by Gasteiger charge is -2.41. The van der Waals surface area contributed by atoms with Crippen LogP contribution < -0.4 is 0 Å². The molecule has 1 heterocycles. The van der Waals surface area contributed by atoms with Crippen molar-refractivity contribution in [3.05, 3.63) is 0 Å². The third-order valence-corrected chi connectivity index (χ3v) is 6.60. The summed E-state index contributed by atoms with van der Waals surface area (Å²) < 4.78 is 42.0. The Morgan fingerprint density at radius 2 is 1.72 bits per heavy atom. The summed E-state index contributed by atoms with van der Waals surface area (Å²) in [7, 11) is -5.64. The van der Waals surface area contributed by atoms with Crippen LogP contribution in [0.15, 0.2) is 0 Å². The first-order valence-corrected chi connectivity index (χ1v) is 12.8. The van der Waals surface area contributed by atoms with Crippen molar-refractivity contribution in [3.8, 4) is 0 Å². The fraction of sp³-hybridized carbons (Fsp3) is 0.938. The van der Waals surface area contributed by atoms with E-state index in [0.717, 1.165) is 0 Å². The maximum Gasteiger partial charge on any atom is 0.425 e. The number of hydrogen-bond acceptors (Lipinski definition) is 6. The van der Waals surface area contributed by atoms with E-state index < -0.39 is 43.2 Å². The van der Waals surface area contributed by atoms with Gasteiger partial charge in [0.25, 0.3) is 0 Å². The van der Waals surface area contributed by atoms with Crippen molar-refractivity contribution in [2.45, 2.75) is 79.4 Å². The Morgan fingerprint density at radius 3 is 2.12 bits per heavy atom. The normalized spacial score (nSPS) is 22.5. The second-order valence-electron chi connectivity index (χ2n) is 8.69. The van der Waals surface area contributed by atoms with Gasteiger partial charge in [0, 0.05) is 0 Å². The molecule has 0 aromatic heterocycles. The van der Waals surface area contributed by atoms with Crippen molar-refractivity contribution < 1.29 is 26.6 Å². The minimum atomic E-state index is -4.18. The molecule has 1 aliphatic heterocycles. The van der Waals surface area contributed by atoms with Gasteiger partial charge in [0.05, 0.1) is 12.6 Å². The molecule has 1 saturated heterocycles. The highest BCUT2D eigenvalue weighted by molar-refractivity contribution is 7.85. The predicted octanol–water partition coefficient (Wildman–Crippen LogP) is 2.92. The van der Waals surface area contributed by atoms with Crippen LogP contribution in [0.4, 0.5) is 4.79 Å². The first-order chi connectivity index (χ1) is 11.1. The van der Waals surface area contributed by atoms with E-state index in [1.54, 1.807) is 20.8 Å². The topological polar surface area (TPSA) is 82.1 Å². The lowest BCUT2D eigenvalue weighted by molar-refractivity contribution is -0.0338. The zero-order chi connectivity index (χ0) is 19.8. The van der Waals surface area contributed by atoms with Gasteiger partial charge in [-0.15, -0.1) is 0 Å². The van der Waals surface area contributed by atoms with Gasteiger partial charge in [0.15, 0.2) is 9.04 Å². The van der Waals surface area contributed by atoms with E-state index in [1.165, 1.54) is 0 Å². The second-order valence-corrected chi connectivity index (χ2v) is 12.5. The van der Waals surface area contributed by atoms with E-state index in [4.69, 9.17) is 13.3 Å². The Labute approximate surface area is 154 Å². The maximum atomic E-state index is 12.3. The SMILES string of the molecule is CC(C)C(C)(C)C(O[SiH](C)C)[C@H]1CN(C(=O)OC(C)(C)C)S(=O)(=O)O1. The van der Waals surface area contributed by atoms with Gasteiger partial charge in [-0.25, -0.2) is 8.98 Å². The van der Waals surface area contributed by atoms with E-state index in [0.29, 0.717) is 4.31 Å². The third-order valence-electron chi connectivity index (χ3n) is 4.44. The molecule has 0 saturated carbocycles. The molecule has 1 unspecified atom stereocenters. The summed E-state index contributed by atoms with van der Waals surface area (Å²) in [6.45, 7) is 17.2. The van der Waals surface area contributed by atoms with Crippen LogP contribution in [0.25, 0.3) is 0 Å². The molecule has 2 atom stereocenters. The van der Waals surface area contributed by atoms with Crippen molar-refractivity contribution in [2.75, 3.05) is 6.54 Å². The summed E-state index contributed by atoms with van der Waals surface area (Å²) in [5.74, 6) is 0.243. The van der Waals surface area contributed by atoms with Gasteiger partial charge in [-0.05, 0) is 45.2 Å². The van der Waals surface area contributed by atoms with E-state index >= 15 is 0 Å². The first kappa shape index (κ1) is 22.4. The molecular formula is C16H33NO6SSi. The minimum absolute atomic E-state index is 0.0980. The fourth-order valence-corrected chi connectivity index (χ4v) is 4.72. The second kappa shape index (κ2) is 7.54. The highest BCUT2D eigenvalue weighted by Crippen LogP contribution is 2.38. The van der Waals surface area contributed by atoms with E-state index in [1.807, 2.05) is 26.9 Å². The van der Waals surface area contributed by atoms with Gasteiger partial charge < -0.3 is 9.16 Å². The molecule has 1 amide bonds. The number of amides is 1. The molecule has 0 aromatic carbocycles. The van der Waals surface area contributed by atoms with Crippen LogP contribution in [0.2, 0.25) is 13.1 Å². The Balaban J connectivity index is 3.10. The van der Waals surface area contributed by atoms with Crippen LogP contribution in [-0.4, -0.2) is 52.2 Å². The predicted molar refractivity (Wildman–Crippen MR) is 99.1 cm³/mol. The van der Waals surface area contributed by atoms with Crippen molar-refractivity contribution in [1.82, 2.24) is 4.31 Å². The standard InChI is InChI=1S/C16H33NO6SSi/c1-11(2)16(6,7)13(23-25(8)9)12-10-17(24(19,20)22-12)14(18)21-15(3,4)5/h11-13,25H,10H2,1-9H3/t12-,13?/m1/s1. The molecule has 9 heteroatoms. The lowest BCUT2D eigenvalue weighted by Crippen LogP contribution is -2.48. The Morgan fingerprint density at radius 1 is 1.20 bits per heavy atom. The van der Waals surface area contributed by atoms with Gasteiger partial charge >= 0.3 is 16.4 Å². The molecule has 7 nitrogen and oxygen atoms in total. The highest BCUT2D eigenvalue weighted by atomic mass is 32.2. The zero-order valence-electron chi connectivity index (χ0n) is 16.8. The Bertz CT molecular complexity index is 582. The van der Waals surface area contributed by atoms with Gasteiger partial charge in [0.1, 0.15) is 11.7 Å². The van der Waals surface area contributed by atoms with Crippen molar-refractivity contribution in [3.63, 3.8) is 0 Å². The molecule has 0 aromatic rings. The number of nitrogens with zero attached hydrogens (tertiary/aromatic N) is 1. The lowest BCUT2D eigenvalue weighted by atomic mass is 9.74. The van der Waals surface area contributed by atoms with Crippen LogP contribution in [0, 0.1) is 11.3 Å². The molecule has 1 aliphatic rings. The number of hydrogen-bond donors (Lipinski definition) is 0. The van der Waals surface area contributed by atoms with E-state index in [9.17, 15) is 13.2 Å². The first-order valence-electron chi connectivity index (χ1n) is 8.67. The maximum absolute atomic E-state index is 12.3. The van der Waals surface area contributed by atoms with Gasteiger partial charge in [0.2, 0.25) is 0 Å². The average molecular weight is 396 g/mol. The number of ether oxygens (including phenoxy) is 1. The molecule has 148 valence electrons. The molecule has 1 rings (SSSR count). The highest BCUT2D eigenvalue weighted by Gasteiger charge is 2.50. The minimum Gasteiger partial charge on any atom is -0.443 e. The van der Waals surface area contributed by atoms with Crippen LogP contribution in [-0.2, 0) is 23.7 Å². The Kier molecular flexibility index (Phi) is 6.75. The smallest absolute Gasteiger partial charge is 0.425 e. The van der Waals surface area contributed by atoms with Gasteiger partial charge in [-0.1, -0.05) is 27.7 Å². The van der Waals surface area contributed by atoms with Crippen molar-refractivity contribution >= 4 is 25.4 Å². The van der Waals surface area contributed by atoms with Gasteiger partial charge in [-0.2, -0.15) is 12.7 Å². The molecule has 1 fully saturated rings. The number of rotatable bonds is 5. The molecular weight excluding hydrogens is 362 g/mol. The molecule has 0 bridgehead atoms. The average Bonchev–Trinajstić information content (AvgIpc) is 2.68. The molecule has 25 heavy (non-hydrogen) atoms. The Hall–Kier alpha value is -0.643. The van der Waals surface area contributed by atoms with Crippen molar-refractivity contribution in [1.29, 1.82) is 0 Å². The van der Waals surface area contributed by atoms with E-state index in [-0.39, 0.29) is 17.9 Å². The number of carbonyl (C=O) groups excluding carboxylic acids is 1. The third kappa shape index (κ3) is 5.67. The van der Waals surface area contributed by atoms with Crippen LogP contribution in [0.5, 0.6) is 0 Å². The summed E-state index contributed by atoms with van der Waals surface area (Å²) in [6.07, 6.45) is -2.09. The van der Waals surface area contributed by atoms with Crippen LogP contribution in [0.3, 0.4) is 0 Å². The summed E-state index contributed by atoms with van der Waals surface area (Å²) in [5.41, 5.74) is -1.11. The van der Waals surface area contributed by atoms with Gasteiger partial charge in [-0.3, -0.25) is 0 Å². The zero-order valence-corrected chi connectivity index (χ0v) is 18.8. The van der Waals surface area contributed by atoms with E-state index in [2.05, 4.69) is 13.8 Å². The molecule has 0 N–H and O–H groups in total. The summed E-state index contributed by atoms with van der Waals surface area (Å²) in [5, 5.41) is 0. The van der Waals surface area contributed by atoms with Crippen LogP contribution >= 0.6 is 0 Å². The number of carbonyl (C=O) groups is 1. The monoisotopic (exact) mass is 395 g/mol. The molecule has 0 aliphatic carbocycles. The van der Waals surface area contributed by atoms with Crippen molar-refractivity contribution in [2.24, 2.45) is 11.3 Å². The molecule has 0 radical (unpaired) electrons. The quantitative estimate of drug-likeness (QED) is 0.666. The molecule has 0 spiro atoms. The largest absolute Gasteiger partial charge is 0.443 e. The summed E-state index contributed by atoms with van der Waals surface area (Å²) >= 11 is 0. The summed E-state index contributed by atoms with van der Waals surface area (Å²) in [4.78, 5) is 12.3. The summed E-state index contributed by atoms with van der Waals surface area (Å²) in [6, 6.07) is 0. The fourth-order valence-electron chi connectivity index (χ4n) is 2.48. The van der Waals surface area contributed by atoms with Crippen LogP contribution in [0.1, 0.15) is 48.5 Å².